The molecular weight excluding hydrogens is 224 g/mol. The zero-order valence-electron chi connectivity index (χ0n) is 10.6. The van der Waals surface area contributed by atoms with E-state index in [0.29, 0.717) is 5.95 Å². The Balaban J connectivity index is 2.05. The third-order valence-corrected chi connectivity index (χ3v) is 2.70. The van der Waals surface area contributed by atoms with Gasteiger partial charge in [0.2, 0.25) is 5.95 Å². The lowest BCUT2D eigenvalue weighted by Crippen LogP contribution is -2.08. The van der Waals surface area contributed by atoms with Crippen LogP contribution in [-0.4, -0.2) is 15.0 Å². The average molecular weight is 242 g/mol. The summed E-state index contributed by atoms with van der Waals surface area (Å²) in [6.45, 7) is 2.10. The van der Waals surface area contributed by atoms with E-state index >= 15 is 0 Å². The SMILES string of the molecule is CCCc1nc(N)nc(CCc2ccccc2)n1. The third kappa shape index (κ3) is 3.52. The summed E-state index contributed by atoms with van der Waals surface area (Å²) in [7, 11) is 0. The van der Waals surface area contributed by atoms with Crippen molar-refractivity contribution >= 4 is 5.95 Å². The number of hydrogen-bond donors (Lipinski definition) is 1. The van der Waals surface area contributed by atoms with Crippen LogP contribution in [0.3, 0.4) is 0 Å². The maximum Gasteiger partial charge on any atom is 0.223 e. The van der Waals surface area contributed by atoms with Crippen molar-refractivity contribution in [2.75, 3.05) is 5.73 Å². The maximum absolute atomic E-state index is 5.70. The van der Waals surface area contributed by atoms with Crippen LogP contribution < -0.4 is 5.73 Å². The first-order chi connectivity index (χ1) is 8.78. The van der Waals surface area contributed by atoms with E-state index in [9.17, 15) is 0 Å². The summed E-state index contributed by atoms with van der Waals surface area (Å²) in [4.78, 5) is 12.8. The summed E-state index contributed by atoms with van der Waals surface area (Å²) in [6.07, 6.45) is 3.59. The number of anilines is 1. The molecule has 0 saturated carbocycles. The minimum Gasteiger partial charge on any atom is -0.368 e. The molecule has 4 heteroatoms. The van der Waals surface area contributed by atoms with Crippen molar-refractivity contribution in [1.29, 1.82) is 0 Å². The molecule has 1 heterocycles. The first-order valence-corrected chi connectivity index (χ1v) is 6.31. The number of hydrogen-bond acceptors (Lipinski definition) is 4. The highest BCUT2D eigenvalue weighted by molar-refractivity contribution is 5.18. The van der Waals surface area contributed by atoms with Crippen molar-refractivity contribution in [2.24, 2.45) is 0 Å². The molecule has 0 saturated heterocycles. The normalized spacial score (nSPS) is 10.5. The number of nitrogens with two attached hydrogens (primary N) is 1. The van der Waals surface area contributed by atoms with E-state index in [2.05, 4.69) is 34.0 Å². The highest BCUT2D eigenvalue weighted by Crippen LogP contribution is 2.06. The summed E-state index contributed by atoms with van der Waals surface area (Å²) in [5.74, 6) is 1.92. The number of rotatable bonds is 5. The van der Waals surface area contributed by atoms with Gasteiger partial charge in [-0.05, 0) is 18.4 Å². The molecule has 0 aliphatic rings. The maximum atomic E-state index is 5.70. The molecule has 0 atom stereocenters. The third-order valence-electron chi connectivity index (χ3n) is 2.70. The van der Waals surface area contributed by atoms with Crippen LogP contribution in [0.2, 0.25) is 0 Å². The molecule has 0 fully saturated rings. The van der Waals surface area contributed by atoms with Crippen LogP contribution in [0.25, 0.3) is 0 Å². The minimum absolute atomic E-state index is 0.330. The van der Waals surface area contributed by atoms with E-state index in [1.165, 1.54) is 5.56 Å². The van der Waals surface area contributed by atoms with E-state index in [0.717, 1.165) is 37.3 Å². The van der Waals surface area contributed by atoms with Gasteiger partial charge in [0.15, 0.2) is 0 Å². The van der Waals surface area contributed by atoms with E-state index in [1.807, 2.05) is 18.2 Å². The Kier molecular flexibility index (Phi) is 4.23. The highest BCUT2D eigenvalue weighted by Gasteiger charge is 2.04. The summed E-state index contributed by atoms with van der Waals surface area (Å²) in [5, 5.41) is 0. The molecule has 0 bridgehead atoms. The summed E-state index contributed by atoms with van der Waals surface area (Å²) in [5.41, 5.74) is 6.98. The minimum atomic E-state index is 0.330. The van der Waals surface area contributed by atoms with Crippen molar-refractivity contribution in [3.8, 4) is 0 Å². The molecular formula is C14H18N4. The summed E-state index contributed by atoms with van der Waals surface area (Å²) >= 11 is 0. The quantitative estimate of drug-likeness (QED) is 0.873. The topological polar surface area (TPSA) is 64.7 Å². The van der Waals surface area contributed by atoms with Gasteiger partial charge in [-0.2, -0.15) is 9.97 Å². The number of aryl methyl sites for hydroxylation is 3. The van der Waals surface area contributed by atoms with Gasteiger partial charge in [-0.3, -0.25) is 0 Å². The molecule has 0 amide bonds. The predicted octanol–water partition coefficient (Wildman–Crippen LogP) is 2.19. The molecule has 94 valence electrons. The molecule has 4 nitrogen and oxygen atoms in total. The van der Waals surface area contributed by atoms with E-state index in [-0.39, 0.29) is 0 Å². The summed E-state index contributed by atoms with van der Waals surface area (Å²) in [6, 6.07) is 10.3. The van der Waals surface area contributed by atoms with Crippen LogP contribution in [0, 0.1) is 0 Å². The molecule has 0 radical (unpaired) electrons. The van der Waals surface area contributed by atoms with Crippen molar-refractivity contribution < 1.29 is 0 Å². The number of benzene rings is 1. The Hall–Kier alpha value is -1.97. The predicted molar refractivity (Wildman–Crippen MR) is 72.1 cm³/mol. The number of nitrogens with zero attached hydrogens (tertiary/aromatic N) is 3. The molecule has 2 aromatic rings. The van der Waals surface area contributed by atoms with Gasteiger partial charge in [-0.1, -0.05) is 37.3 Å². The van der Waals surface area contributed by atoms with Crippen LogP contribution in [-0.2, 0) is 19.3 Å². The van der Waals surface area contributed by atoms with Crippen LogP contribution >= 0.6 is 0 Å². The van der Waals surface area contributed by atoms with Crippen LogP contribution in [0.15, 0.2) is 30.3 Å². The van der Waals surface area contributed by atoms with Crippen molar-refractivity contribution in [1.82, 2.24) is 15.0 Å². The van der Waals surface area contributed by atoms with Crippen molar-refractivity contribution in [2.45, 2.75) is 32.6 Å². The Morgan fingerprint density at radius 1 is 0.889 bits per heavy atom. The van der Waals surface area contributed by atoms with Crippen molar-refractivity contribution in [3.05, 3.63) is 47.5 Å². The zero-order chi connectivity index (χ0) is 12.8. The van der Waals surface area contributed by atoms with Gasteiger partial charge >= 0.3 is 0 Å². The zero-order valence-corrected chi connectivity index (χ0v) is 10.6. The molecule has 0 spiro atoms. The molecule has 18 heavy (non-hydrogen) atoms. The lowest BCUT2D eigenvalue weighted by atomic mass is 10.1. The standard InChI is InChI=1S/C14H18N4/c1-2-6-12-16-13(18-14(15)17-12)10-9-11-7-4-3-5-8-11/h3-5,7-8H,2,6,9-10H2,1H3,(H2,15,16,17,18). The fourth-order valence-corrected chi connectivity index (χ4v) is 1.84. The first kappa shape index (κ1) is 12.5. The van der Waals surface area contributed by atoms with Gasteiger partial charge in [0.05, 0.1) is 0 Å². The van der Waals surface area contributed by atoms with Gasteiger partial charge in [-0.15, -0.1) is 0 Å². The highest BCUT2D eigenvalue weighted by atomic mass is 15.1. The van der Waals surface area contributed by atoms with Gasteiger partial charge in [0.1, 0.15) is 11.6 Å². The molecule has 2 rings (SSSR count). The Labute approximate surface area is 107 Å². The monoisotopic (exact) mass is 242 g/mol. The lowest BCUT2D eigenvalue weighted by molar-refractivity contribution is 0.767. The number of nitrogen functional groups attached to an aromatic ring is 1. The van der Waals surface area contributed by atoms with E-state index in [1.54, 1.807) is 0 Å². The Bertz CT molecular complexity index is 496. The Morgan fingerprint density at radius 3 is 2.22 bits per heavy atom. The van der Waals surface area contributed by atoms with Crippen LogP contribution in [0.5, 0.6) is 0 Å². The average Bonchev–Trinajstić information content (AvgIpc) is 2.37. The fraction of sp³-hybridized carbons (Fsp3) is 0.357. The fourth-order valence-electron chi connectivity index (χ4n) is 1.84. The van der Waals surface area contributed by atoms with E-state index in [4.69, 9.17) is 5.73 Å². The largest absolute Gasteiger partial charge is 0.368 e. The van der Waals surface area contributed by atoms with Gasteiger partial charge in [0.25, 0.3) is 0 Å². The second-order valence-corrected chi connectivity index (χ2v) is 4.26. The number of aromatic nitrogens is 3. The molecule has 2 N–H and O–H groups in total. The lowest BCUT2D eigenvalue weighted by Gasteiger charge is -2.04. The van der Waals surface area contributed by atoms with E-state index < -0.39 is 0 Å². The van der Waals surface area contributed by atoms with Gasteiger partial charge in [0, 0.05) is 12.8 Å². The second-order valence-electron chi connectivity index (χ2n) is 4.26. The molecule has 0 aliphatic heterocycles. The van der Waals surface area contributed by atoms with Gasteiger partial charge < -0.3 is 5.73 Å². The smallest absolute Gasteiger partial charge is 0.223 e. The Morgan fingerprint density at radius 2 is 1.56 bits per heavy atom. The molecule has 1 aromatic carbocycles. The van der Waals surface area contributed by atoms with Gasteiger partial charge in [-0.25, -0.2) is 4.98 Å². The van der Waals surface area contributed by atoms with Crippen LogP contribution in [0.1, 0.15) is 30.6 Å². The second kappa shape index (κ2) is 6.10. The van der Waals surface area contributed by atoms with Crippen LogP contribution in [0.4, 0.5) is 5.95 Å². The molecule has 0 unspecified atom stereocenters. The van der Waals surface area contributed by atoms with Crippen molar-refractivity contribution in [3.63, 3.8) is 0 Å². The first-order valence-electron chi connectivity index (χ1n) is 6.31. The molecule has 1 aromatic heterocycles. The summed E-state index contributed by atoms with van der Waals surface area (Å²) < 4.78 is 0. The molecule has 0 aliphatic carbocycles.